The second-order valence-corrected chi connectivity index (χ2v) is 5.81. The molecule has 24 heavy (non-hydrogen) atoms. The molecule has 2 aromatic heterocycles. The van der Waals surface area contributed by atoms with Gasteiger partial charge in [-0.25, -0.2) is 4.79 Å². The van der Waals surface area contributed by atoms with Crippen LogP contribution >= 0.6 is 0 Å². The second-order valence-electron chi connectivity index (χ2n) is 5.81. The van der Waals surface area contributed by atoms with Crippen LogP contribution in [0.1, 0.15) is 16.1 Å². The monoisotopic (exact) mass is 331 g/mol. The van der Waals surface area contributed by atoms with Crippen LogP contribution in [-0.4, -0.2) is 60.4 Å². The molecule has 0 bridgehead atoms. The second kappa shape index (κ2) is 7.11. The van der Waals surface area contributed by atoms with Crippen LogP contribution < -0.4 is 5.56 Å². The van der Waals surface area contributed by atoms with Crippen molar-refractivity contribution in [1.29, 1.82) is 0 Å². The first-order valence-corrected chi connectivity index (χ1v) is 7.99. The Morgan fingerprint density at radius 2 is 2.08 bits per heavy atom. The third kappa shape index (κ3) is 3.32. The fourth-order valence-corrected chi connectivity index (χ4v) is 2.87. The summed E-state index contributed by atoms with van der Waals surface area (Å²) in [7, 11) is 1.32. The minimum Gasteiger partial charge on any atom is -0.465 e. The van der Waals surface area contributed by atoms with Gasteiger partial charge in [0.15, 0.2) is 0 Å². The van der Waals surface area contributed by atoms with Gasteiger partial charge in [-0.2, -0.15) is 0 Å². The maximum Gasteiger partial charge on any atom is 0.339 e. The average Bonchev–Trinajstić information content (AvgIpc) is 2.61. The van der Waals surface area contributed by atoms with Crippen LogP contribution in [0.5, 0.6) is 0 Å². The lowest BCUT2D eigenvalue weighted by Gasteiger charge is -2.26. The molecule has 1 aliphatic heterocycles. The number of hydrogen-bond acceptors (Lipinski definition) is 6. The summed E-state index contributed by atoms with van der Waals surface area (Å²) in [6.07, 6.45) is 1.76. The predicted molar refractivity (Wildman–Crippen MR) is 89.3 cm³/mol. The Morgan fingerprint density at radius 1 is 1.33 bits per heavy atom. The van der Waals surface area contributed by atoms with E-state index in [1.807, 2.05) is 6.07 Å². The molecule has 1 fully saturated rings. The summed E-state index contributed by atoms with van der Waals surface area (Å²) in [5.74, 6) is -0.481. The highest BCUT2D eigenvalue weighted by atomic mass is 16.5. The normalized spacial score (nSPS) is 15.6. The van der Waals surface area contributed by atoms with Crippen LogP contribution in [0.3, 0.4) is 0 Å². The van der Waals surface area contributed by atoms with Crippen LogP contribution in [0.25, 0.3) is 10.9 Å². The molecule has 0 radical (unpaired) electrons. The van der Waals surface area contributed by atoms with Gasteiger partial charge in [0.25, 0.3) is 5.56 Å². The van der Waals surface area contributed by atoms with Crippen molar-refractivity contribution in [2.75, 3.05) is 40.0 Å². The van der Waals surface area contributed by atoms with Crippen LogP contribution in [0.2, 0.25) is 0 Å². The van der Waals surface area contributed by atoms with Gasteiger partial charge >= 0.3 is 5.97 Å². The lowest BCUT2D eigenvalue weighted by Crippen LogP contribution is -2.39. The summed E-state index contributed by atoms with van der Waals surface area (Å²) in [5, 5.41) is 0.436. The van der Waals surface area contributed by atoms with E-state index in [1.54, 1.807) is 23.8 Å². The van der Waals surface area contributed by atoms with Gasteiger partial charge in [-0.15, -0.1) is 0 Å². The third-order valence-corrected chi connectivity index (χ3v) is 4.31. The van der Waals surface area contributed by atoms with Gasteiger partial charge in [-0.3, -0.25) is 14.7 Å². The van der Waals surface area contributed by atoms with Crippen molar-refractivity contribution in [2.24, 2.45) is 0 Å². The Hall–Kier alpha value is -2.25. The smallest absolute Gasteiger partial charge is 0.339 e. The van der Waals surface area contributed by atoms with Crippen molar-refractivity contribution < 1.29 is 14.3 Å². The molecule has 0 saturated carbocycles. The number of fused-ring (bicyclic) bond motifs is 1. The molecule has 7 heteroatoms. The molecule has 0 aromatic carbocycles. The Balaban J connectivity index is 1.89. The third-order valence-electron chi connectivity index (χ3n) is 4.31. The van der Waals surface area contributed by atoms with E-state index in [9.17, 15) is 9.59 Å². The summed E-state index contributed by atoms with van der Waals surface area (Å²) in [6.45, 7) is 6.35. The summed E-state index contributed by atoms with van der Waals surface area (Å²) in [5.41, 5.74) is 1.33. The lowest BCUT2D eigenvalue weighted by atomic mass is 10.1. The number of ether oxygens (including phenoxy) is 2. The summed E-state index contributed by atoms with van der Waals surface area (Å²) >= 11 is 0. The zero-order valence-electron chi connectivity index (χ0n) is 13.9. The molecule has 3 rings (SSSR count). The fraction of sp³-hybridized carbons (Fsp3) is 0.471. The van der Waals surface area contributed by atoms with E-state index in [-0.39, 0.29) is 5.56 Å². The van der Waals surface area contributed by atoms with Crippen LogP contribution in [-0.2, 0) is 16.0 Å². The van der Waals surface area contributed by atoms with Gasteiger partial charge in [0.2, 0.25) is 0 Å². The first kappa shape index (κ1) is 16.6. The molecule has 128 valence electrons. The number of aromatic nitrogens is 2. The summed E-state index contributed by atoms with van der Waals surface area (Å²) < 4.78 is 11.7. The number of aryl methyl sites for hydroxylation is 1. The number of pyridine rings is 2. The zero-order valence-corrected chi connectivity index (χ0v) is 13.9. The van der Waals surface area contributed by atoms with Crippen LogP contribution in [0.15, 0.2) is 23.1 Å². The molecule has 0 amide bonds. The first-order chi connectivity index (χ1) is 11.6. The highest BCUT2D eigenvalue weighted by Gasteiger charge is 2.15. The molecule has 0 atom stereocenters. The SMILES string of the molecule is COC(=O)c1cc2c(=O)n(CCN3CCOCC3)ccc2nc1C. The minimum atomic E-state index is -0.481. The number of carbonyl (C=O) groups is 1. The van der Waals surface area contributed by atoms with Crippen LogP contribution in [0.4, 0.5) is 0 Å². The fourth-order valence-electron chi connectivity index (χ4n) is 2.87. The van der Waals surface area contributed by atoms with Gasteiger partial charge in [0.05, 0.1) is 42.5 Å². The number of morpholine rings is 1. The van der Waals surface area contributed by atoms with Crippen molar-refractivity contribution in [3.05, 3.63) is 39.9 Å². The Bertz CT molecular complexity index is 809. The van der Waals surface area contributed by atoms with Gasteiger partial charge in [0.1, 0.15) is 0 Å². The molecule has 3 heterocycles. The topological polar surface area (TPSA) is 73.7 Å². The van der Waals surface area contributed by atoms with Gasteiger partial charge < -0.3 is 14.0 Å². The van der Waals surface area contributed by atoms with E-state index in [0.29, 0.717) is 28.7 Å². The highest BCUT2D eigenvalue weighted by molar-refractivity contribution is 5.94. The maximum atomic E-state index is 12.7. The quantitative estimate of drug-likeness (QED) is 0.773. The Labute approximate surface area is 139 Å². The molecule has 0 unspecified atom stereocenters. The van der Waals surface area contributed by atoms with E-state index >= 15 is 0 Å². The number of esters is 1. The molecule has 1 aliphatic rings. The Morgan fingerprint density at radius 3 is 2.79 bits per heavy atom. The number of hydrogen-bond donors (Lipinski definition) is 0. The van der Waals surface area contributed by atoms with E-state index in [2.05, 4.69) is 9.88 Å². The van der Waals surface area contributed by atoms with Gasteiger partial charge in [-0.1, -0.05) is 0 Å². The highest BCUT2D eigenvalue weighted by Crippen LogP contribution is 2.14. The summed E-state index contributed by atoms with van der Waals surface area (Å²) in [4.78, 5) is 31.1. The number of methoxy groups -OCH3 is 1. The van der Waals surface area contributed by atoms with Crippen molar-refractivity contribution in [2.45, 2.75) is 13.5 Å². The molecule has 1 saturated heterocycles. The molecular formula is C17H21N3O4. The summed E-state index contributed by atoms with van der Waals surface area (Å²) in [6, 6.07) is 3.39. The van der Waals surface area contributed by atoms with E-state index in [1.165, 1.54) is 7.11 Å². The van der Waals surface area contributed by atoms with Crippen molar-refractivity contribution in [3.63, 3.8) is 0 Å². The maximum absolute atomic E-state index is 12.7. The largest absolute Gasteiger partial charge is 0.465 e. The van der Waals surface area contributed by atoms with Crippen molar-refractivity contribution in [3.8, 4) is 0 Å². The molecule has 0 spiro atoms. The number of nitrogens with zero attached hydrogens (tertiary/aromatic N) is 3. The van der Waals surface area contributed by atoms with Crippen molar-refractivity contribution in [1.82, 2.24) is 14.5 Å². The lowest BCUT2D eigenvalue weighted by molar-refractivity contribution is 0.0363. The minimum absolute atomic E-state index is 0.140. The van der Waals surface area contributed by atoms with Gasteiger partial charge in [0, 0.05) is 32.4 Å². The first-order valence-electron chi connectivity index (χ1n) is 7.99. The average molecular weight is 331 g/mol. The molecule has 0 aliphatic carbocycles. The van der Waals surface area contributed by atoms with Gasteiger partial charge in [-0.05, 0) is 19.1 Å². The number of rotatable bonds is 4. The zero-order chi connectivity index (χ0) is 17.1. The van der Waals surface area contributed by atoms with E-state index in [0.717, 1.165) is 32.8 Å². The molecule has 7 nitrogen and oxygen atoms in total. The van der Waals surface area contributed by atoms with E-state index in [4.69, 9.17) is 9.47 Å². The number of carbonyl (C=O) groups excluding carboxylic acids is 1. The molecular weight excluding hydrogens is 310 g/mol. The van der Waals surface area contributed by atoms with E-state index < -0.39 is 5.97 Å². The molecule has 0 N–H and O–H groups in total. The Kier molecular flexibility index (Phi) is 4.92. The molecule has 2 aromatic rings. The van der Waals surface area contributed by atoms with Crippen molar-refractivity contribution >= 4 is 16.9 Å². The van der Waals surface area contributed by atoms with Crippen LogP contribution in [0, 0.1) is 6.92 Å². The standard InChI is InChI=1S/C17H21N3O4/c1-12-13(17(22)23-2)11-14-15(18-12)3-4-20(16(14)21)6-5-19-7-9-24-10-8-19/h3-4,11H,5-10H2,1-2H3. The predicted octanol–water partition coefficient (Wildman–Crippen LogP) is 0.824.